The molecule has 32 heavy (non-hydrogen) atoms. The van der Waals surface area contributed by atoms with E-state index >= 15 is 0 Å². The summed E-state index contributed by atoms with van der Waals surface area (Å²) in [6.07, 6.45) is 0. The molecule has 7 heteroatoms. The second kappa shape index (κ2) is 9.20. The molecule has 4 aromatic carbocycles. The van der Waals surface area contributed by atoms with Crippen LogP contribution >= 0.6 is 0 Å². The maximum absolute atomic E-state index is 13.3. The van der Waals surface area contributed by atoms with Gasteiger partial charge in [0.25, 0.3) is 10.0 Å². The highest BCUT2D eigenvalue weighted by Crippen LogP contribution is 2.23. The fourth-order valence-electron chi connectivity index (χ4n) is 3.38. The van der Waals surface area contributed by atoms with Crippen molar-refractivity contribution in [3.05, 3.63) is 108 Å². The third kappa shape index (κ3) is 4.78. The zero-order valence-electron chi connectivity index (χ0n) is 17.1. The van der Waals surface area contributed by atoms with Crippen LogP contribution in [0.1, 0.15) is 5.56 Å². The van der Waals surface area contributed by atoms with Gasteiger partial charge in [-0.1, -0.05) is 54.6 Å². The number of para-hydroxylation sites is 1. The molecule has 1 amide bonds. The smallest absolute Gasteiger partial charge is 0.264 e. The van der Waals surface area contributed by atoms with Gasteiger partial charge in [0.05, 0.1) is 10.6 Å². The second-order valence-electron chi connectivity index (χ2n) is 7.26. The fraction of sp³-hybridized carbons (Fsp3) is 0.0800. The summed E-state index contributed by atoms with van der Waals surface area (Å²) in [5.41, 5.74) is 1.25. The molecule has 0 fully saturated rings. The number of rotatable bonds is 7. The van der Waals surface area contributed by atoms with Gasteiger partial charge in [0, 0.05) is 6.54 Å². The molecule has 4 rings (SSSR count). The third-order valence-corrected chi connectivity index (χ3v) is 6.82. The minimum atomic E-state index is -4.07. The number of carbonyl (C=O) groups excluding carboxylic acids is 1. The van der Waals surface area contributed by atoms with E-state index in [9.17, 15) is 17.6 Å². The minimum Gasteiger partial charge on any atom is -0.350 e. The molecule has 5 nitrogen and oxygen atoms in total. The molecule has 162 valence electrons. The van der Waals surface area contributed by atoms with Crippen molar-refractivity contribution in [3.8, 4) is 0 Å². The lowest BCUT2D eigenvalue weighted by Crippen LogP contribution is -2.40. The molecule has 0 aromatic heterocycles. The molecular formula is C25H21FN2O3S. The van der Waals surface area contributed by atoms with Crippen LogP contribution in [0.3, 0.4) is 0 Å². The van der Waals surface area contributed by atoms with E-state index in [0.717, 1.165) is 32.8 Å². The van der Waals surface area contributed by atoms with Crippen LogP contribution in [0, 0.1) is 5.82 Å². The van der Waals surface area contributed by atoms with E-state index in [2.05, 4.69) is 5.32 Å². The van der Waals surface area contributed by atoms with E-state index in [0.29, 0.717) is 5.69 Å². The number of fused-ring (bicyclic) bond motifs is 1. The van der Waals surface area contributed by atoms with Gasteiger partial charge in [-0.05, 0) is 58.8 Å². The van der Waals surface area contributed by atoms with Crippen LogP contribution in [0.25, 0.3) is 10.8 Å². The van der Waals surface area contributed by atoms with Crippen molar-refractivity contribution >= 4 is 32.4 Å². The number of nitrogens with zero attached hydrogens (tertiary/aromatic N) is 1. The fourth-order valence-corrected chi connectivity index (χ4v) is 4.80. The quantitative estimate of drug-likeness (QED) is 0.453. The number of nitrogens with one attached hydrogen (secondary N) is 1. The molecule has 0 atom stereocenters. The Hall–Kier alpha value is -3.71. The Labute approximate surface area is 186 Å². The molecule has 0 aliphatic rings. The summed E-state index contributed by atoms with van der Waals surface area (Å²) >= 11 is 0. The van der Waals surface area contributed by atoms with Gasteiger partial charge in [-0.2, -0.15) is 0 Å². The molecule has 1 N–H and O–H groups in total. The monoisotopic (exact) mass is 448 g/mol. The van der Waals surface area contributed by atoms with Crippen LogP contribution in [0.5, 0.6) is 0 Å². The molecule has 0 aliphatic heterocycles. The zero-order valence-corrected chi connectivity index (χ0v) is 17.9. The Morgan fingerprint density at radius 3 is 2.19 bits per heavy atom. The average molecular weight is 449 g/mol. The molecule has 0 bridgehead atoms. The number of carbonyl (C=O) groups is 1. The summed E-state index contributed by atoms with van der Waals surface area (Å²) in [6, 6.07) is 26.7. The lowest BCUT2D eigenvalue weighted by molar-refractivity contribution is -0.119. The lowest BCUT2D eigenvalue weighted by Gasteiger charge is -2.24. The minimum absolute atomic E-state index is 0.0925. The maximum Gasteiger partial charge on any atom is 0.264 e. The van der Waals surface area contributed by atoms with Crippen molar-refractivity contribution in [2.75, 3.05) is 10.8 Å². The largest absolute Gasteiger partial charge is 0.350 e. The predicted molar refractivity (Wildman–Crippen MR) is 123 cm³/mol. The Balaban J connectivity index is 1.54. The van der Waals surface area contributed by atoms with Gasteiger partial charge >= 0.3 is 0 Å². The SMILES string of the molecule is O=C(CN(c1ccccc1)S(=O)(=O)c1ccc(F)cc1)NCc1ccc2ccccc2c1. The molecule has 4 aromatic rings. The highest BCUT2D eigenvalue weighted by Gasteiger charge is 2.27. The molecule has 0 heterocycles. The first kappa shape index (κ1) is 21.5. The van der Waals surface area contributed by atoms with Gasteiger partial charge in [-0.25, -0.2) is 12.8 Å². The predicted octanol–water partition coefficient (Wildman–Crippen LogP) is 4.49. The van der Waals surface area contributed by atoms with Gasteiger partial charge in [0.15, 0.2) is 0 Å². The van der Waals surface area contributed by atoms with Crippen LogP contribution in [-0.4, -0.2) is 20.9 Å². The zero-order chi connectivity index (χ0) is 22.6. The van der Waals surface area contributed by atoms with Crippen molar-refractivity contribution in [1.29, 1.82) is 0 Å². The van der Waals surface area contributed by atoms with E-state index in [1.165, 1.54) is 12.1 Å². The Morgan fingerprint density at radius 2 is 1.47 bits per heavy atom. The molecule has 0 aliphatic carbocycles. The van der Waals surface area contributed by atoms with Gasteiger partial charge in [0.1, 0.15) is 12.4 Å². The summed E-state index contributed by atoms with van der Waals surface area (Å²) in [5, 5.41) is 4.95. The number of anilines is 1. The van der Waals surface area contributed by atoms with Crippen LogP contribution < -0.4 is 9.62 Å². The first-order valence-corrected chi connectivity index (χ1v) is 11.5. The van der Waals surface area contributed by atoms with E-state index in [1.807, 2.05) is 42.5 Å². The number of benzene rings is 4. The van der Waals surface area contributed by atoms with E-state index in [-0.39, 0.29) is 11.4 Å². The summed E-state index contributed by atoms with van der Waals surface area (Å²) in [7, 11) is -4.07. The normalized spacial score (nSPS) is 11.3. The Kier molecular flexibility index (Phi) is 6.18. The highest BCUT2D eigenvalue weighted by atomic mass is 32.2. The lowest BCUT2D eigenvalue weighted by atomic mass is 10.1. The summed E-state index contributed by atoms with van der Waals surface area (Å²) in [5.74, 6) is -0.990. The number of halogens is 1. The molecule has 0 unspecified atom stereocenters. The van der Waals surface area contributed by atoms with Crippen molar-refractivity contribution in [3.63, 3.8) is 0 Å². The molecule has 0 radical (unpaired) electrons. The summed E-state index contributed by atoms with van der Waals surface area (Å²) in [4.78, 5) is 12.6. The Morgan fingerprint density at radius 1 is 0.812 bits per heavy atom. The van der Waals surface area contributed by atoms with Crippen molar-refractivity contribution in [2.24, 2.45) is 0 Å². The van der Waals surface area contributed by atoms with Gasteiger partial charge < -0.3 is 5.32 Å². The van der Waals surface area contributed by atoms with Crippen LogP contribution in [0.4, 0.5) is 10.1 Å². The van der Waals surface area contributed by atoms with Crippen molar-refractivity contribution < 1.29 is 17.6 Å². The summed E-state index contributed by atoms with van der Waals surface area (Å²) in [6.45, 7) is -0.139. The maximum atomic E-state index is 13.3. The van der Waals surface area contributed by atoms with Crippen LogP contribution in [0.15, 0.2) is 102 Å². The average Bonchev–Trinajstić information content (AvgIpc) is 2.82. The number of hydrogen-bond donors (Lipinski definition) is 1. The van der Waals surface area contributed by atoms with E-state index in [1.54, 1.807) is 30.3 Å². The standard InChI is InChI=1S/C25H21FN2O3S/c26-22-12-14-24(15-13-22)32(30,31)28(23-8-2-1-3-9-23)18-25(29)27-17-19-10-11-20-6-4-5-7-21(20)16-19/h1-16H,17-18H2,(H,27,29). The van der Waals surface area contributed by atoms with Crippen molar-refractivity contribution in [1.82, 2.24) is 5.32 Å². The van der Waals surface area contributed by atoms with Crippen molar-refractivity contribution in [2.45, 2.75) is 11.4 Å². The van der Waals surface area contributed by atoms with E-state index < -0.39 is 28.3 Å². The van der Waals surface area contributed by atoms with Crippen LogP contribution in [-0.2, 0) is 21.4 Å². The molecule has 0 saturated carbocycles. The summed E-state index contributed by atoms with van der Waals surface area (Å²) < 4.78 is 40.8. The molecule has 0 saturated heterocycles. The number of sulfonamides is 1. The number of hydrogen-bond acceptors (Lipinski definition) is 3. The first-order chi connectivity index (χ1) is 15.4. The van der Waals surface area contributed by atoms with Gasteiger partial charge in [-0.15, -0.1) is 0 Å². The Bertz CT molecular complexity index is 1340. The topological polar surface area (TPSA) is 66.5 Å². The molecule has 0 spiro atoms. The van der Waals surface area contributed by atoms with Gasteiger partial charge in [0.2, 0.25) is 5.91 Å². The number of amides is 1. The van der Waals surface area contributed by atoms with Gasteiger partial charge in [-0.3, -0.25) is 9.10 Å². The molecular weight excluding hydrogens is 427 g/mol. The van der Waals surface area contributed by atoms with Crippen LogP contribution in [0.2, 0.25) is 0 Å². The third-order valence-electron chi connectivity index (χ3n) is 5.04. The van der Waals surface area contributed by atoms with E-state index in [4.69, 9.17) is 0 Å². The first-order valence-electron chi connectivity index (χ1n) is 10.0. The second-order valence-corrected chi connectivity index (χ2v) is 9.12. The highest BCUT2D eigenvalue weighted by molar-refractivity contribution is 7.92.